The second-order valence-corrected chi connectivity index (χ2v) is 5.66. The average molecular weight is 315 g/mol. The molecule has 2 aromatic rings. The lowest BCUT2D eigenvalue weighted by atomic mass is 9.98. The van der Waals surface area contributed by atoms with Crippen molar-refractivity contribution in [3.8, 4) is 23.0 Å². The van der Waals surface area contributed by atoms with Gasteiger partial charge in [-0.25, -0.2) is 0 Å². The molecule has 0 saturated heterocycles. The molecule has 2 aromatic carbocycles. The van der Waals surface area contributed by atoms with Crippen molar-refractivity contribution in [3.05, 3.63) is 47.0 Å². The molecule has 0 aliphatic carbocycles. The minimum atomic E-state index is -0.205. The summed E-state index contributed by atoms with van der Waals surface area (Å²) in [5.41, 5.74) is 2.07. The summed E-state index contributed by atoms with van der Waals surface area (Å²) in [6.07, 6.45) is 0.570. The maximum atomic E-state index is 12.4. The van der Waals surface area contributed by atoms with Crippen LogP contribution in [0.4, 0.5) is 0 Å². The van der Waals surface area contributed by atoms with Crippen molar-refractivity contribution in [2.24, 2.45) is 0 Å². The Hall–Kier alpha value is -2.89. The third-order valence-corrected chi connectivity index (χ3v) is 4.07. The molecule has 1 amide bonds. The minimum Gasteiger partial charge on any atom is -0.508 e. The van der Waals surface area contributed by atoms with Crippen molar-refractivity contribution in [1.82, 2.24) is 4.90 Å². The number of carbonyl (C=O) groups is 1. The van der Waals surface area contributed by atoms with Crippen LogP contribution in [0.3, 0.4) is 0 Å². The fraction of sp³-hybridized carbons (Fsp3) is 0.235. The summed E-state index contributed by atoms with van der Waals surface area (Å²) < 4.78 is 0. The third kappa shape index (κ3) is 3.01. The van der Waals surface area contributed by atoms with Crippen molar-refractivity contribution < 1.29 is 25.2 Å². The standard InChI is InChI=1S/C17H17NO5/c19-13-1-2-14(20)11(5-13)8-17(23)18-4-3-10-6-15(21)16(22)7-12(10)9-18/h1-2,5-7,19-22H,3-4,8-9H2. The van der Waals surface area contributed by atoms with Crippen LogP contribution in [0, 0.1) is 0 Å². The molecule has 0 saturated carbocycles. The lowest BCUT2D eigenvalue weighted by molar-refractivity contribution is -0.131. The van der Waals surface area contributed by atoms with Gasteiger partial charge in [0.1, 0.15) is 11.5 Å². The summed E-state index contributed by atoms with van der Waals surface area (Å²) in [4.78, 5) is 14.0. The normalized spacial score (nSPS) is 13.7. The third-order valence-electron chi connectivity index (χ3n) is 4.07. The van der Waals surface area contributed by atoms with Gasteiger partial charge in [0.05, 0.1) is 6.42 Å². The highest BCUT2D eigenvalue weighted by Crippen LogP contribution is 2.32. The summed E-state index contributed by atoms with van der Waals surface area (Å²) in [5, 5.41) is 38.3. The zero-order valence-corrected chi connectivity index (χ0v) is 12.4. The average Bonchev–Trinajstić information content (AvgIpc) is 2.51. The van der Waals surface area contributed by atoms with Gasteiger partial charge in [-0.2, -0.15) is 0 Å². The molecule has 1 aliphatic rings. The number of carbonyl (C=O) groups excluding carboxylic acids is 1. The molecule has 0 radical (unpaired) electrons. The fourth-order valence-corrected chi connectivity index (χ4v) is 2.78. The molecule has 6 nitrogen and oxygen atoms in total. The highest BCUT2D eigenvalue weighted by atomic mass is 16.3. The number of nitrogens with zero attached hydrogens (tertiary/aromatic N) is 1. The Balaban J connectivity index is 1.76. The molecule has 0 spiro atoms. The van der Waals surface area contributed by atoms with Crippen molar-refractivity contribution in [3.63, 3.8) is 0 Å². The first-order valence-corrected chi connectivity index (χ1v) is 7.26. The van der Waals surface area contributed by atoms with Crippen LogP contribution in [0.2, 0.25) is 0 Å². The maximum absolute atomic E-state index is 12.4. The summed E-state index contributed by atoms with van der Waals surface area (Å²) in [5.74, 6) is -0.577. The first-order chi connectivity index (χ1) is 10.9. The topological polar surface area (TPSA) is 101 Å². The van der Waals surface area contributed by atoms with Crippen LogP contribution < -0.4 is 0 Å². The second kappa shape index (κ2) is 5.72. The van der Waals surface area contributed by atoms with E-state index in [2.05, 4.69) is 0 Å². The Morgan fingerprint density at radius 1 is 0.957 bits per heavy atom. The molecular weight excluding hydrogens is 298 g/mol. The Morgan fingerprint density at radius 3 is 2.39 bits per heavy atom. The molecule has 23 heavy (non-hydrogen) atoms. The van der Waals surface area contributed by atoms with E-state index in [4.69, 9.17) is 0 Å². The van der Waals surface area contributed by atoms with Gasteiger partial charge in [0, 0.05) is 18.7 Å². The molecule has 1 aliphatic heterocycles. The van der Waals surface area contributed by atoms with Gasteiger partial charge in [0.15, 0.2) is 11.5 Å². The van der Waals surface area contributed by atoms with E-state index in [1.165, 1.54) is 30.3 Å². The highest BCUT2D eigenvalue weighted by Gasteiger charge is 2.23. The van der Waals surface area contributed by atoms with Gasteiger partial charge in [0.2, 0.25) is 5.91 Å². The SMILES string of the molecule is O=C(Cc1cc(O)ccc1O)N1CCc2cc(O)c(O)cc2C1. The van der Waals surface area contributed by atoms with Crippen molar-refractivity contribution in [2.75, 3.05) is 6.54 Å². The van der Waals surface area contributed by atoms with Crippen LogP contribution in [-0.2, 0) is 24.2 Å². The monoisotopic (exact) mass is 315 g/mol. The lowest BCUT2D eigenvalue weighted by Crippen LogP contribution is -2.36. The number of benzene rings is 2. The largest absolute Gasteiger partial charge is 0.508 e. The number of rotatable bonds is 2. The molecule has 4 N–H and O–H groups in total. The Bertz CT molecular complexity index is 772. The number of fused-ring (bicyclic) bond motifs is 1. The zero-order chi connectivity index (χ0) is 16.6. The Morgan fingerprint density at radius 2 is 1.65 bits per heavy atom. The van der Waals surface area contributed by atoms with Crippen molar-refractivity contribution >= 4 is 5.91 Å². The number of hydrogen-bond acceptors (Lipinski definition) is 5. The van der Waals surface area contributed by atoms with Gasteiger partial charge in [-0.3, -0.25) is 4.79 Å². The quantitative estimate of drug-likeness (QED) is 0.498. The summed E-state index contributed by atoms with van der Waals surface area (Å²) >= 11 is 0. The zero-order valence-electron chi connectivity index (χ0n) is 12.4. The van der Waals surface area contributed by atoms with Crippen LogP contribution in [0.25, 0.3) is 0 Å². The second-order valence-electron chi connectivity index (χ2n) is 5.66. The van der Waals surface area contributed by atoms with Crippen LogP contribution in [0.1, 0.15) is 16.7 Å². The molecule has 0 fully saturated rings. The van der Waals surface area contributed by atoms with E-state index in [0.717, 1.165) is 11.1 Å². The molecule has 6 heteroatoms. The van der Waals surface area contributed by atoms with E-state index >= 15 is 0 Å². The van der Waals surface area contributed by atoms with E-state index in [1.54, 1.807) is 4.90 Å². The van der Waals surface area contributed by atoms with Crippen molar-refractivity contribution in [2.45, 2.75) is 19.4 Å². The van der Waals surface area contributed by atoms with E-state index < -0.39 is 0 Å². The number of phenolic OH excluding ortho intramolecular Hbond substituents is 4. The summed E-state index contributed by atoms with van der Waals surface area (Å²) in [6.45, 7) is 0.831. The molecule has 0 atom stereocenters. The van der Waals surface area contributed by atoms with Gasteiger partial charge in [0.25, 0.3) is 0 Å². The Labute approximate surface area is 132 Å². The van der Waals surface area contributed by atoms with Crippen molar-refractivity contribution in [1.29, 1.82) is 0 Å². The summed E-state index contributed by atoms with van der Waals surface area (Å²) in [6, 6.07) is 7.07. The van der Waals surface area contributed by atoms with Gasteiger partial charge in [-0.1, -0.05) is 0 Å². The predicted molar refractivity (Wildman–Crippen MR) is 82.4 cm³/mol. The number of aromatic hydroxyl groups is 4. The van der Waals surface area contributed by atoms with Crippen LogP contribution in [0.5, 0.6) is 23.0 Å². The molecule has 0 aromatic heterocycles. The molecule has 120 valence electrons. The van der Waals surface area contributed by atoms with Gasteiger partial charge < -0.3 is 25.3 Å². The highest BCUT2D eigenvalue weighted by molar-refractivity contribution is 5.80. The maximum Gasteiger partial charge on any atom is 0.227 e. The first kappa shape index (κ1) is 15.0. The molecule has 0 unspecified atom stereocenters. The van der Waals surface area contributed by atoms with Gasteiger partial charge >= 0.3 is 0 Å². The molecule has 1 heterocycles. The molecular formula is C17H17NO5. The van der Waals surface area contributed by atoms with Crippen LogP contribution in [0.15, 0.2) is 30.3 Å². The first-order valence-electron chi connectivity index (χ1n) is 7.26. The number of amides is 1. The van der Waals surface area contributed by atoms with Gasteiger partial charge in [-0.05, 0) is 47.9 Å². The fourth-order valence-electron chi connectivity index (χ4n) is 2.78. The lowest BCUT2D eigenvalue weighted by Gasteiger charge is -2.29. The minimum absolute atomic E-state index is 0.00464. The van der Waals surface area contributed by atoms with E-state index in [-0.39, 0.29) is 35.3 Å². The Kier molecular flexibility index (Phi) is 3.73. The van der Waals surface area contributed by atoms with E-state index in [9.17, 15) is 25.2 Å². The van der Waals surface area contributed by atoms with E-state index in [0.29, 0.717) is 25.1 Å². The molecule has 0 bridgehead atoms. The summed E-state index contributed by atoms with van der Waals surface area (Å²) in [7, 11) is 0. The van der Waals surface area contributed by atoms with Crippen LogP contribution >= 0.6 is 0 Å². The predicted octanol–water partition coefficient (Wildman–Crippen LogP) is 1.64. The molecule has 3 rings (SSSR count). The number of phenols is 4. The smallest absolute Gasteiger partial charge is 0.227 e. The van der Waals surface area contributed by atoms with E-state index in [1.807, 2.05) is 0 Å². The van der Waals surface area contributed by atoms with Crippen LogP contribution in [-0.4, -0.2) is 37.8 Å². The van der Waals surface area contributed by atoms with Gasteiger partial charge in [-0.15, -0.1) is 0 Å². The number of hydrogen-bond donors (Lipinski definition) is 4.